The SMILES string of the molecule is CCC(C)COCc1cccc([N+](=O)[O-])c1. The van der Waals surface area contributed by atoms with Gasteiger partial charge in [-0.1, -0.05) is 32.4 Å². The van der Waals surface area contributed by atoms with Crippen LogP contribution < -0.4 is 0 Å². The molecule has 0 saturated carbocycles. The molecule has 0 radical (unpaired) electrons. The van der Waals surface area contributed by atoms with Gasteiger partial charge in [-0.05, 0) is 11.5 Å². The molecule has 4 heteroatoms. The Morgan fingerprint density at radius 2 is 2.25 bits per heavy atom. The van der Waals surface area contributed by atoms with Crippen molar-refractivity contribution in [3.8, 4) is 0 Å². The van der Waals surface area contributed by atoms with Crippen LogP contribution in [0.15, 0.2) is 24.3 Å². The highest BCUT2D eigenvalue weighted by Crippen LogP contribution is 2.14. The number of rotatable bonds is 6. The summed E-state index contributed by atoms with van der Waals surface area (Å²) in [6, 6.07) is 6.55. The molecule has 0 amide bonds. The van der Waals surface area contributed by atoms with Crippen LogP contribution in [0.4, 0.5) is 5.69 Å². The highest BCUT2D eigenvalue weighted by Gasteiger charge is 2.06. The minimum Gasteiger partial charge on any atom is -0.376 e. The van der Waals surface area contributed by atoms with Crippen LogP contribution in [-0.2, 0) is 11.3 Å². The molecule has 0 bridgehead atoms. The van der Waals surface area contributed by atoms with E-state index in [-0.39, 0.29) is 5.69 Å². The highest BCUT2D eigenvalue weighted by atomic mass is 16.6. The van der Waals surface area contributed by atoms with E-state index in [0.717, 1.165) is 12.0 Å². The molecule has 0 spiro atoms. The van der Waals surface area contributed by atoms with Gasteiger partial charge in [-0.25, -0.2) is 0 Å². The van der Waals surface area contributed by atoms with Crippen LogP contribution in [0.3, 0.4) is 0 Å². The lowest BCUT2D eigenvalue weighted by molar-refractivity contribution is -0.384. The second-order valence-electron chi connectivity index (χ2n) is 3.96. The quantitative estimate of drug-likeness (QED) is 0.549. The normalized spacial score (nSPS) is 12.4. The topological polar surface area (TPSA) is 52.4 Å². The Bertz CT molecular complexity index is 352. The van der Waals surface area contributed by atoms with Gasteiger partial charge in [0.15, 0.2) is 0 Å². The third kappa shape index (κ3) is 3.98. The molecule has 0 aliphatic heterocycles. The lowest BCUT2D eigenvalue weighted by atomic mass is 10.1. The maximum Gasteiger partial charge on any atom is 0.269 e. The zero-order valence-corrected chi connectivity index (χ0v) is 9.68. The molecule has 88 valence electrons. The molecule has 4 nitrogen and oxygen atoms in total. The van der Waals surface area contributed by atoms with Crippen molar-refractivity contribution < 1.29 is 9.66 Å². The molecular weight excluding hydrogens is 206 g/mol. The Morgan fingerprint density at radius 3 is 2.88 bits per heavy atom. The molecule has 0 aromatic heterocycles. The molecule has 1 atom stereocenters. The summed E-state index contributed by atoms with van der Waals surface area (Å²) in [5.74, 6) is 0.527. The van der Waals surface area contributed by atoms with Crippen LogP contribution in [0.5, 0.6) is 0 Å². The van der Waals surface area contributed by atoms with E-state index in [1.807, 2.05) is 6.07 Å². The lowest BCUT2D eigenvalue weighted by Crippen LogP contribution is -2.04. The minimum atomic E-state index is -0.391. The zero-order valence-electron chi connectivity index (χ0n) is 9.68. The molecule has 1 unspecified atom stereocenters. The highest BCUT2D eigenvalue weighted by molar-refractivity contribution is 5.33. The molecular formula is C12H17NO3. The number of nitrogens with zero attached hydrogens (tertiary/aromatic N) is 1. The molecule has 0 N–H and O–H groups in total. The van der Waals surface area contributed by atoms with Gasteiger partial charge in [0, 0.05) is 18.7 Å². The third-order valence-electron chi connectivity index (χ3n) is 2.49. The van der Waals surface area contributed by atoms with Gasteiger partial charge in [-0.2, -0.15) is 0 Å². The van der Waals surface area contributed by atoms with Crippen molar-refractivity contribution in [2.75, 3.05) is 6.61 Å². The zero-order chi connectivity index (χ0) is 12.0. The fraction of sp³-hybridized carbons (Fsp3) is 0.500. The van der Waals surface area contributed by atoms with E-state index < -0.39 is 4.92 Å². The summed E-state index contributed by atoms with van der Waals surface area (Å²) in [4.78, 5) is 10.2. The van der Waals surface area contributed by atoms with Crippen molar-refractivity contribution in [3.05, 3.63) is 39.9 Å². The summed E-state index contributed by atoms with van der Waals surface area (Å²) in [6.07, 6.45) is 1.08. The molecule has 1 rings (SSSR count). The Labute approximate surface area is 95.4 Å². The molecule has 0 heterocycles. The molecule has 16 heavy (non-hydrogen) atoms. The second kappa shape index (κ2) is 6.23. The fourth-order valence-electron chi connectivity index (χ4n) is 1.26. The van der Waals surface area contributed by atoms with Crippen molar-refractivity contribution >= 4 is 5.69 Å². The average Bonchev–Trinajstić information content (AvgIpc) is 2.29. The smallest absolute Gasteiger partial charge is 0.269 e. The number of nitro groups is 1. The Balaban J connectivity index is 2.48. The Kier molecular flexibility index (Phi) is 4.92. The summed E-state index contributed by atoms with van der Waals surface area (Å²) in [7, 11) is 0. The number of benzene rings is 1. The van der Waals surface area contributed by atoms with Gasteiger partial charge >= 0.3 is 0 Å². The molecule has 0 fully saturated rings. The Hall–Kier alpha value is -1.42. The summed E-state index contributed by atoms with van der Waals surface area (Å²) in [5, 5.41) is 10.5. The molecule has 1 aromatic carbocycles. The van der Waals surface area contributed by atoms with Gasteiger partial charge < -0.3 is 4.74 Å². The first kappa shape index (κ1) is 12.6. The summed E-state index contributed by atoms with van der Waals surface area (Å²) in [6.45, 7) is 5.36. The van der Waals surface area contributed by atoms with Crippen molar-refractivity contribution in [2.45, 2.75) is 26.9 Å². The van der Waals surface area contributed by atoms with E-state index in [4.69, 9.17) is 4.74 Å². The first-order valence-corrected chi connectivity index (χ1v) is 5.44. The van der Waals surface area contributed by atoms with E-state index in [2.05, 4.69) is 13.8 Å². The second-order valence-corrected chi connectivity index (χ2v) is 3.96. The van der Waals surface area contributed by atoms with E-state index in [1.54, 1.807) is 12.1 Å². The van der Waals surface area contributed by atoms with E-state index in [0.29, 0.717) is 19.1 Å². The largest absolute Gasteiger partial charge is 0.376 e. The first-order valence-electron chi connectivity index (χ1n) is 5.44. The lowest BCUT2D eigenvalue weighted by Gasteiger charge is -2.09. The van der Waals surface area contributed by atoms with Gasteiger partial charge in [0.1, 0.15) is 0 Å². The monoisotopic (exact) mass is 223 g/mol. The maximum atomic E-state index is 10.5. The van der Waals surface area contributed by atoms with Gasteiger partial charge in [-0.3, -0.25) is 10.1 Å². The minimum absolute atomic E-state index is 0.115. The fourth-order valence-corrected chi connectivity index (χ4v) is 1.26. The number of hydrogen-bond acceptors (Lipinski definition) is 3. The van der Waals surface area contributed by atoms with Crippen molar-refractivity contribution in [3.63, 3.8) is 0 Å². The van der Waals surface area contributed by atoms with E-state index in [1.165, 1.54) is 6.07 Å². The summed E-state index contributed by atoms with van der Waals surface area (Å²) < 4.78 is 5.48. The predicted molar refractivity (Wildman–Crippen MR) is 62.2 cm³/mol. The van der Waals surface area contributed by atoms with Crippen LogP contribution in [-0.4, -0.2) is 11.5 Å². The predicted octanol–water partition coefficient (Wildman–Crippen LogP) is 3.16. The van der Waals surface area contributed by atoms with Gasteiger partial charge in [-0.15, -0.1) is 0 Å². The van der Waals surface area contributed by atoms with Crippen LogP contribution in [0.25, 0.3) is 0 Å². The molecule has 0 saturated heterocycles. The van der Waals surface area contributed by atoms with E-state index in [9.17, 15) is 10.1 Å². The van der Waals surface area contributed by atoms with Crippen LogP contribution >= 0.6 is 0 Å². The van der Waals surface area contributed by atoms with Gasteiger partial charge in [0.05, 0.1) is 11.5 Å². The maximum absolute atomic E-state index is 10.5. The number of ether oxygens (including phenoxy) is 1. The van der Waals surface area contributed by atoms with Crippen molar-refractivity contribution in [1.29, 1.82) is 0 Å². The summed E-state index contributed by atoms with van der Waals surface area (Å²) >= 11 is 0. The van der Waals surface area contributed by atoms with Crippen LogP contribution in [0.1, 0.15) is 25.8 Å². The standard InChI is InChI=1S/C12H17NO3/c1-3-10(2)8-16-9-11-5-4-6-12(7-11)13(14)15/h4-7,10H,3,8-9H2,1-2H3. The average molecular weight is 223 g/mol. The molecule has 0 aliphatic carbocycles. The van der Waals surface area contributed by atoms with Crippen molar-refractivity contribution in [2.24, 2.45) is 5.92 Å². The Morgan fingerprint density at radius 1 is 1.50 bits per heavy atom. The van der Waals surface area contributed by atoms with E-state index >= 15 is 0 Å². The first-order chi connectivity index (χ1) is 7.63. The molecule has 1 aromatic rings. The third-order valence-corrected chi connectivity index (χ3v) is 2.49. The van der Waals surface area contributed by atoms with Crippen LogP contribution in [0.2, 0.25) is 0 Å². The van der Waals surface area contributed by atoms with Gasteiger partial charge in [0.2, 0.25) is 0 Å². The van der Waals surface area contributed by atoms with Crippen molar-refractivity contribution in [1.82, 2.24) is 0 Å². The molecule has 0 aliphatic rings. The number of non-ortho nitro benzene ring substituents is 1. The van der Waals surface area contributed by atoms with Crippen LogP contribution in [0, 0.1) is 16.0 Å². The number of hydrogen-bond donors (Lipinski definition) is 0. The van der Waals surface area contributed by atoms with Gasteiger partial charge in [0.25, 0.3) is 5.69 Å². The summed E-state index contributed by atoms with van der Waals surface area (Å²) in [5.41, 5.74) is 0.960. The number of nitro benzene ring substituents is 1.